The van der Waals surface area contributed by atoms with Crippen LogP contribution in [0.25, 0.3) is 0 Å². The van der Waals surface area contributed by atoms with Gasteiger partial charge in [0.2, 0.25) is 5.01 Å². The molecule has 1 fully saturated rings. The van der Waals surface area contributed by atoms with Crippen LogP contribution in [-0.2, 0) is 0 Å². The normalized spacial score (nSPS) is 15.6. The van der Waals surface area contributed by atoms with Gasteiger partial charge < -0.3 is 10.0 Å². The molecular weight excluding hydrogens is 216 g/mol. The predicted octanol–water partition coefficient (Wildman–Crippen LogP) is 1.08. The maximum atomic E-state index is 11.8. The third kappa shape index (κ3) is 1.99. The van der Waals surface area contributed by atoms with Gasteiger partial charge in [0.05, 0.1) is 6.20 Å². The lowest BCUT2D eigenvalue weighted by Gasteiger charge is -2.12. The molecule has 1 aliphatic heterocycles. The van der Waals surface area contributed by atoms with Crippen LogP contribution in [0.3, 0.4) is 0 Å². The molecule has 0 aromatic carbocycles. The molecule has 1 aromatic rings. The zero-order chi connectivity index (χ0) is 10.8. The highest BCUT2D eigenvalue weighted by Crippen LogP contribution is 2.18. The molecule has 0 aliphatic carbocycles. The average molecular weight is 226 g/mol. The quantitative estimate of drug-likeness (QED) is 0.819. The van der Waals surface area contributed by atoms with E-state index < -0.39 is 5.97 Å². The van der Waals surface area contributed by atoms with E-state index >= 15 is 0 Å². The molecule has 15 heavy (non-hydrogen) atoms. The summed E-state index contributed by atoms with van der Waals surface area (Å²) in [5, 5.41) is 8.64. The van der Waals surface area contributed by atoms with E-state index in [9.17, 15) is 9.59 Å². The Morgan fingerprint density at radius 2 is 2.07 bits per heavy atom. The predicted molar refractivity (Wildman–Crippen MR) is 54.2 cm³/mol. The van der Waals surface area contributed by atoms with Crippen molar-refractivity contribution in [2.75, 3.05) is 13.1 Å². The highest BCUT2D eigenvalue weighted by Gasteiger charge is 2.22. The van der Waals surface area contributed by atoms with Crippen LogP contribution in [0.4, 0.5) is 0 Å². The molecule has 0 bridgehead atoms. The molecule has 1 saturated heterocycles. The molecule has 0 saturated carbocycles. The lowest BCUT2D eigenvalue weighted by atomic mass is 10.4. The molecule has 1 aromatic heterocycles. The standard InChI is InChI=1S/C9H10N2O3S/c12-8(11-3-1-2-4-11)6-5-10-7(15-6)9(13)14/h5H,1-4H2,(H,13,14). The van der Waals surface area contributed by atoms with Gasteiger partial charge in [-0.2, -0.15) is 0 Å². The Balaban J connectivity index is 2.14. The number of carbonyl (C=O) groups excluding carboxylic acids is 1. The fraction of sp³-hybridized carbons (Fsp3) is 0.444. The number of thiazole rings is 1. The van der Waals surface area contributed by atoms with Gasteiger partial charge in [-0.25, -0.2) is 9.78 Å². The van der Waals surface area contributed by atoms with Crippen molar-refractivity contribution in [3.05, 3.63) is 16.1 Å². The van der Waals surface area contributed by atoms with Crippen molar-refractivity contribution in [1.29, 1.82) is 0 Å². The van der Waals surface area contributed by atoms with Gasteiger partial charge in [-0.15, -0.1) is 11.3 Å². The Labute approximate surface area is 90.4 Å². The molecule has 80 valence electrons. The maximum absolute atomic E-state index is 11.8. The van der Waals surface area contributed by atoms with Gasteiger partial charge in [0, 0.05) is 13.1 Å². The number of amides is 1. The van der Waals surface area contributed by atoms with Crippen LogP contribution >= 0.6 is 11.3 Å². The van der Waals surface area contributed by atoms with Crippen LogP contribution in [0.15, 0.2) is 6.20 Å². The Bertz CT molecular complexity index is 396. The maximum Gasteiger partial charge on any atom is 0.365 e. The van der Waals surface area contributed by atoms with Crippen molar-refractivity contribution in [2.24, 2.45) is 0 Å². The smallest absolute Gasteiger partial charge is 0.365 e. The highest BCUT2D eigenvalue weighted by atomic mass is 32.1. The SMILES string of the molecule is O=C(O)c1ncc(C(=O)N2CCCC2)s1. The van der Waals surface area contributed by atoms with Gasteiger partial charge in [-0.05, 0) is 12.8 Å². The number of rotatable bonds is 2. The summed E-state index contributed by atoms with van der Waals surface area (Å²) in [7, 11) is 0. The molecule has 0 spiro atoms. The molecule has 0 atom stereocenters. The van der Waals surface area contributed by atoms with Crippen LogP contribution in [-0.4, -0.2) is 40.0 Å². The van der Waals surface area contributed by atoms with E-state index in [-0.39, 0.29) is 10.9 Å². The van der Waals surface area contributed by atoms with Crippen LogP contribution in [0.5, 0.6) is 0 Å². The number of likely N-dealkylation sites (tertiary alicyclic amines) is 1. The van der Waals surface area contributed by atoms with Crippen LogP contribution in [0.2, 0.25) is 0 Å². The van der Waals surface area contributed by atoms with Crippen molar-refractivity contribution in [3.63, 3.8) is 0 Å². The zero-order valence-electron chi connectivity index (χ0n) is 7.97. The topological polar surface area (TPSA) is 70.5 Å². The van der Waals surface area contributed by atoms with E-state index in [1.807, 2.05) is 0 Å². The number of hydrogen-bond donors (Lipinski definition) is 1. The number of carboxylic acids is 1. The highest BCUT2D eigenvalue weighted by molar-refractivity contribution is 7.15. The summed E-state index contributed by atoms with van der Waals surface area (Å²) in [6.07, 6.45) is 3.39. The Morgan fingerprint density at radius 3 is 2.60 bits per heavy atom. The number of aromatic nitrogens is 1. The van der Waals surface area contributed by atoms with E-state index in [1.165, 1.54) is 6.20 Å². The summed E-state index contributed by atoms with van der Waals surface area (Å²) in [6.45, 7) is 1.53. The second-order valence-electron chi connectivity index (χ2n) is 3.33. The summed E-state index contributed by atoms with van der Waals surface area (Å²) in [5.41, 5.74) is 0. The average Bonchev–Trinajstić information content (AvgIpc) is 2.88. The fourth-order valence-corrected chi connectivity index (χ4v) is 2.27. The lowest BCUT2D eigenvalue weighted by Crippen LogP contribution is -2.26. The number of nitrogens with zero attached hydrogens (tertiary/aromatic N) is 2. The lowest BCUT2D eigenvalue weighted by molar-refractivity contribution is 0.0695. The number of hydrogen-bond acceptors (Lipinski definition) is 4. The molecule has 6 heteroatoms. The van der Waals surface area contributed by atoms with E-state index in [0.29, 0.717) is 4.88 Å². The van der Waals surface area contributed by atoms with Crippen molar-refractivity contribution in [1.82, 2.24) is 9.88 Å². The van der Waals surface area contributed by atoms with E-state index in [4.69, 9.17) is 5.11 Å². The molecular formula is C9H10N2O3S. The van der Waals surface area contributed by atoms with Crippen molar-refractivity contribution in [3.8, 4) is 0 Å². The first kappa shape index (κ1) is 10.1. The van der Waals surface area contributed by atoms with Gasteiger partial charge in [0.25, 0.3) is 5.91 Å². The molecule has 1 N–H and O–H groups in total. The van der Waals surface area contributed by atoms with Crippen LogP contribution in [0.1, 0.15) is 32.3 Å². The van der Waals surface area contributed by atoms with Crippen LogP contribution in [0, 0.1) is 0 Å². The van der Waals surface area contributed by atoms with Gasteiger partial charge in [0.15, 0.2) is 0 Å². The van der Waals surface area contributed by atoms with Crippen LogP contribution < -0.4 is 0 Å². The number of aromatic carboxylic acids is 1. The Hall–Kier alpha value is -1.43. The summed E-state index contributed by atoms with van der Waals surface area (Å²) >= 11 is 0.934. The number of carboxylic acid groups (broad SMARTS) is 1. The largest absolute Gasteiger partial charge is 0.476 e. The minimum Gasteiger partial charge on any atom is -0.476 e. The van der Waals surface area contributed by atoms with E-state index in [1.54, 1.807) is 4.90 Å². The van der Waals surface area contributed by atoms with Crippen molar-refractivity contribution in [2.45, 2.75) is 12.8 Å². The third-order valence-corrected chi connectivity index (χ3v) is 3.27. The van der Waals surface area contributed by atoms with Crippen molar-refractivity contribution < 1.29 is 14.7 Å². The van der Waals surface area contributed by atoms with Gasteiger partial charge in [-0.1, -0.05) is 0 Å². The first-order chi connectivity index (χ1) is 7.18. The molecule has 5 nitrogen and oxygen atoms in total. The summed E-state index contributed by atoms with van der Waals surface area (Å²) in [4.78, 5) is 28.2. The zero-order valence-corrected chi connectivity index (χ0v) is 8.79. The fourth-order valence-electron chi connectivity index (χ4n) is 1.55. The summed E-state index contributed by atoms with van der Waals surface area (Å²) in [5.74, 6) is -1.18. The Morgan fingerprint density at radius 1 is 1.40 bits per heavy atom. The summed E-state index contributed by atoms with van der Waals surface area (Å²) in [6, 6.07) is 0. The Kier molecular flexibility index (Phi) is 2.68. The molecule has 2 rings (SSSR count). The minimum atomic E-state index is -1.08. The third-order valence-electron chi connectivity index (χ3n) is 2.29. The molecule has 2 heterocycles. The van der Waals surface area contributed by atoms with Gasteiger partial charge in [0.1, 0.15) is 4.88 Å². The van der Waals surface area contributed by atoms with Gasteiger partial charge >= 0.3 is 5.97 Å². The monoisotopic (exact) mass is 226 g/mol. The second-order valence-corrected chi connectivity index (χ2v) is 4.36. The van der Waals surface area contributed by atoms with E-state index in [2.05, 4.69) is 4.98 Å². The molecule has 0 unspecified atom stereocenters. The minimum absolute atomic E-state index is 0.0300. The molecule has 1 amide bonds. The van der Waals surface area contributed by atoms with Crippen molar-refractivity contribution >= 4 is 23.2 Å². The van der Waals surface area contributed by atoms with E-state index in [0.717, 1.165) is 37.3 Å². The second kappa shape index (κ2) is 3.98. The number of carbonyl (C=O) groups is 2. The van der Waals surface area contributed by atoms with Gasteiger partial charge in [-0.3, -0.25) is 4.79 Å². The molecule has 0 radical (unpaired) electrons. The first-order valence-corrected chi connectivity index (χ1v) is 5.48. The summed E-state index contributed by atoms with van der Waals surface area (Å²) < 4.78 is 0. The molecule has 1 aliphatic rings. The first-order valence-electron chi connectivity index (χ1n) is 4.67.